The van der Waals surface area contributed by atoms with Crippen molar-refractivity contribution in [3.05, 3.63) is 82.5 Å². The first kappa shape index (κ1) is 24.6. The Morgan fingerprint density at radius 2 is 1.73 bits per heavy atom. The predicted molar refractivity (Wildman–Crippen MR) is 122 cm³/mol. The van der Waals surface area contributed by atoms with Crippen LogP contribution >= 0.6 is 11.8 Å². The maximum atomic E-state index is 13.6. The molecule has 3 rings (SSSR count). The monoisotopic (exact) mass is 475 g/mol. The summed E-state index contributed by atoms with van der Waals surface area (Å²) in [6.45, 7) is 6.34. The SMILES string of the molecule is Cn1nc(C(F)(F)F)c(/C=N\OC(=O)c2ccccc2)c1SCc1ccc(C(C)(C)C)cc1. The van der Waals surface area contributed by atoms with Gasteiger partial charge in [-0.15, -0.1) is 11.8 Å². The van der Waals surface area contributed by atoms with Gasteiger partial charge < -0.3 is 4.84 Å². The molecule has 0 aliphatic heterocycles. The smallest absolute Gasteiger partial charge is 0.313 e. The van der Waals surface area contributed by atoms with Crippen LogP contribution in [0.3, 0.4) is 0 Å². The third kappa shape index (κ3) is 6.25. The van der Waals surface area contributed by atoms with Crippen LogP contribution < -0.4 is 0 Å². The van der Waals surface area contributed by atoms with Crippen LogP contribution in [-0.4, -0.2) is 22.0 Å². The number of rotatable bonds is 6. The molecule has 0 radical (unpaired) electrons. The third-order valence-corrected chi connectivity index (χ3v) is 6.06. The molecule has 0 saturated carbocycles. The number of alkyl halides is 3. The second-order valence-electron chi connectivity index (χ2n) is 8.40. The summed E-state index contributed by atoms with van der Waals surface area (Å²) in [5, 5.41) is 7.42. The molecule has 0 spiro atoms. The molecule has 2 aromatic carbocycles. The first-order valence-corrected chi connectivity index (χ1v) is 11.1. The molecule has 33 heavy (non-hydrogen) atoms. The zero-order valence-corrected chi connectivity index (χ0v) is 19.5. The van der Waals surface area contributed by atoms with E-state index < -0.39 is 17.8 Å². The van der Waals surface area contributed by atoms with E-state index in [0.717, 1.165) is 16.5 Å². The van der Waals surface area contributed by atoms with Crippen LogP contribution in [0.25, 0.3) is 0 Å². The summed E-state index contributed by atoms with van der Waals surface area (Å²) < 4.78 is 41.8. The maximum Gasteiger partial charge on any atom is 0.435 e. The summed E-state index contributed by atoms with van der Waals surface area (Å²) in [7, 11) is 1.44. The van der Waals surface area contributed by atoms with Crippen molar-refractivity contribution in [1.29, 1.82) is 0 Å². The standard InChI is InChI=1S/C24H24F3N3O2S/c1-23(2,3)18-12-10-16(11-13-18)15-33-21-19(20(24(25,26)27)29-30(21)4)14-28-32-22(31)17-8-6-5-7-9-17/h5-14H,15H2,1-4H3/b28-14-. The van der Waals surface area contributed by atoms with E-state index in [4.69, 9.17) is 4.84 Å². The molecule has 174 valence electrons. The average Bonchev–Trinajstić information content (AvgIpc) is 3.08. The molecule has 0 bridgehead atoms. The number of carbonyl (C=O) groups excluding carboxylic acids is 1. The lowest BCUT2D eigenvalue weighted by Gasteiger charge is -2.19. The highest BCUT2D eigenvalue weighted by Gasteiger charge is 2.38. The van der Waals surface area contributed by atoms with E-state index in [1.165, 1.54) is 36.5 Å². The van der Waals surface area contributed by atoms with Gasteiger partial charge in [0.25, 0.3) is 0 Å². The van der Waals surface area contributed by atoms with Crippen molar-refractivity contribution >= 4 is 23.9 Å². The van der Waals surface area contributed by atoms with E-state index in [1.807, 2.05) is 24.3 Å². The number of hydrogen-bond donors (Lipinski definition) is 0. The van der Waals surface area contributed by atoms with Crippen molar-refractivity contribution in [3.8, 4) is 0 Å². The topological polar surface area (TPSA) is 56.5 Å². The number of nitrogens with zero attached hydrogens (tertiary/aromatic N) is 3. The zero-order valence-electron chi connectivity index (χ0n) is 18.7. The average molecular weight is 476 g/mol. The van der Waals surface area contributed by atoms with Gasteiger partial charge in [-0.2, -0.15) is 18.3 Å². The molecule has 1 aromatic heterocycles. The van der Waals surface area contributed by atoms with Crippen molar-refractivity contribution in [1.82, 2.24) is 9.78 Å². The van der Waals surface area contributed by atoms with Crippen LogP contribution in [0.2, 0.25) is 0 Å². The summed E-state index contributed by atoms with van der Waals surface area (Å²) in [6.07, 6.45) is -3.79. The van der Waals surface area contributed by atoms with Gasteiger partial charge in [0.1, 0.15) is 5.03 Å². The number of benzene rings is 2. The second kappa shape index (κ2) is 9.82. The molecule has 3 aromatic rings. The fraction of sp³-hybridized carbons (Fsp3) is 0.292. The summed E-state index contributed by atoms with van der Waals surface area (Å²) in [5.41, 5.74) is 1.05. The van der Waals surface area contributed by atoms with Gasteiger partial charge in [-0.1, -0.05) is 68.4 Å². The molecule has 0 atom stereocenters. The van der Waals surface area contributed by atoms with Crippen LogP contribution in [0.5, 0.6) is 0 Å². The summed E-state index contributed by atoms with van der Waals surface area (Å²) in [6, 6.07) is 16.0. The van der Waals surface area contributed by atoms with Gasteiger partial charge >= 0.3 is 12.1 Å². The number of thioether (sulfide) groups is 1. The lowest BCUT2D eigenvalue weighted by Crippen LogP contribution is -2.10. The third-order valence-electron chi connectivity index (χ3n) is 4.82. The van der Waals surface area contributed by atoms with E-state index in [2.05, 4.69) is 31.0 Å². The Kier molecular flexibility index (Phi) is 7.31. The minimum absolute atomic E-state index is 0.0101. The van der Waals surface area contributed by atoms with Crippen molar-refractivity contribution in [2.24, 2.45) is 12.2 Å². The van der Waals surface area contributed by atoms with E-state index in [9.17, 15) is 18.0 Å². The van der Waals surface area contributed by atoms with Gasteiger partial charge in [0.15, 0.2) is 5.69 Å². The molecule has 0 N–H and O–H groups in total. The van der Waals surface area contributed by atoms with Crippen LogP contribution in [0, 0.1) is 0 Å². The Balaban J connectivity index is 1.81. The highest BCUT2D eigenvalue weighted by atomic mass is 32.2. The van der Waals surface area contributed by atoms with Gasteiger partial charge in [0.05, 0.1) is 17.3 Å². The zero-order chi connectivity index (χ0) is 24.2. The summed E-state index contributed by atoms with van der Waals surface area (Å²) >= 11 is 1.20. The van der Waals surface area contributed by atoms with E-state index >= 15 is 0 Å². The molecule has 0 saturated heterocycles. The number of oxime groups is 1. The first-order chi connectivity index (χ1) is 15.5. The van der Waals surface area contributed by atoms with Gasteiger partial charge in [0, 0.05) is 12.8 Å². The summed E-state index contributed by atoms with van der Waals surface area (Å²) in [5.74, 6) is -0.330. The van der Waals surface area contributed by atoms with Crippen LogP contribution in [-0.2, 0) is 29.2 Å². The molecule has 0 amide bonds. The molecular weight excluding hydrogens is 451 g/mol. The lowest BCUT2D eigenvalue weighted by molar-refractivity contribution is -0.141. The van der Waals surface area contributed by atoms with Crippen LogP contribution in [0.1, 0.15) is 53.5 Å². The van der Waals surface area contributed by atoms with E-state index in [0.29, 0.717) is 5.75 Å². The minimum Gasteiger partial charge on any atom is -0.313 e. The molecule has 1 heterocycles. The molecule has 0 fully saturated rings. The molecule has 5 nitrogen and oxygen atoms in total. The van der Waals surface area contributed by atoms with Gasteiger partial charge in [0.2, 0.25) is 0 Å². The van der Waals surface area contributed by atoms with Crippen molar-refractivity contribution in [2.75, 3.05) is 0 Å². The van der Waals surface area contributed by atoms with Gasteiger partial charge in [-0.3, -0.25) is 4.68 Å². The molecular formula is C24H24F3N3O2S. The van der Waals surface area contributed by atoms with Crippen molar-refractivity contribution in [3.63, 3.8) is 0 Å². The number of aromatic nitrogens is 2. The first-order valence-electron chi connectivity index (χ1n) is 10.1. The summed E-state index contributed by atoms with van der Waals surface area (Å²) in [4.78, 5) is 16.8. The fourth-order valence-electron chi connectivity index (χ4n) is 3.03. The van der Waals surface area contributed by atoms with Crippen molar-refractivity contribution in [2.45, 2.75) is 43.1 Å². The van der Waals surface area contributed by atoms with E-state index in [1.54, 1.807) is 18.2 Å². The molecule has 0 aliphatic carbocycles. The van der Waals surface area contributed by atoms with Gasteiger partial charge in [-0.05, 0) is 28.7 Å². The highest BCUT2D eigenvalue weighted by Crippen LogP contribution is 2.36. The fourth-order valence-corrected chi connectivity index (χ4v) is 4.06. The molecule has 0 unspecified atom stereocenters. The predicted octanol–water partition coefficient (Wildman–Crippen LogP) is 6.22. The Morgan fingerprint density at radius 3 is 2.30 bits per heavy atom. The number of halogens is 3. The normalized spacial score (nSPS) is 12.3. The minimum atomic E-state index is -4.68. The Bertz CT molecular complexity index is 1130. The van der Waals surface area contributed by atoms with Crippen LogP contribution in [0.4, 0.5) is 13.2 Å². The largest absolute Gasteiger partial charge is 0.435 e. The van der Waals surface area contributed by atoms with Gasteiger partial charge in [-0.25, -0.2) is 4.79 Å². The molecule has 0 aliphatic rings. The quantitative estimate of drug-likeness (QED) is 0.184. The van der Waals surface area contributed by atoms with Crippen LogP contribution in [0.15, 0.2) is 64.8 Å². The number of aryl methyl sites for hydroxylation is 1. The molecule has 9 heteroatoms. The van der Waals surface area contributed by atoms with E-state index in [-0.39, 0.29) is 21.6 Å². The highest BCUT2D eigenvalue weighted by molar-refractivity contribution is 7.98. The number of hydrogen-bond acceptors (Lipinski definition) is 5. The number of carbonyl (C=O) groups is 1. The lowest BCUT2D eigenvalue weighted by atomic mass is 9.87. The second-order valence-corrected chi connectivity index (χ2v) is 9.37. The van der Waals surface area contributed by atoms with Crippen molar-refractivity contribution < 1.29 is 22.8 Å². The Morgan fingerprint density at radius 1 is 1.09 bits per heavy atom. The Hall–Kier alpha value is -3.07. The Labute approximate surface area is 194 Å². The maximum absolute atomic E-state index is 13.6.